The van der Waals surface area contributed by atoms with Crippen LogP contribution in [0.2, 0.25) is 0 Å². The lowest BCUT2D eigenvalue weighted by Crippen LogP contribution is -2.50. The van der Waals surface area contributed by atoms with Gasteiger partial charge in [0.15, 0.2) is 0 Å². The number of methoxy groups -OCH3 is 1. The van der Waals surface area contributed by atoms with Crippen LogP contribution in [0, 0.1) is 0 Å². The summed E-state index contributed by atoms with van der Waals surface area (Å²) in [5, 5.41) is 3.30. The van der Waals surface area contributed by atoms with E-state index in [4.69, 9.17) is 10.5 Å². The molecule has 1 amide bonds. The van der Waals surface area contributed by atoms with E-state index in [-0.39, 0.29) is 17.0 Å². The molecule has 0 bridgehead atoms. The van der Waals surface area contributed by atoms with Gasteiger partial charge in [-0.15, -0.1) is 0 Å². The van der Waals surface area contributed by atoms with Gasteiger partial charge in [0.25, 0.3) is 0 Å². The number of carbonyl (C=O) groups is 1. The number of primary amides is 1. The van der Waals surface area contributed by atoms with Crippen molar-refractivity contribution in [2.45, 2.75) is 51.7 Å². The molecule has 90 valence electrons. The van der Waals surface area contributed by atoms with E-state index in [0.717, 1.165) is 13.0 Å². The molecular weight excluding hydrogens is 192 g/mol. The fraction of sp³-hybridized carbons (Fsp3) is 0.909. The highest BCUT2D eigenvalue weighted by Crippen LogP contribution is 2.25. The van der Waals surface area contributed by atoms with Crippen LogP contribution in [0.25, 0.3) is 0 Å². The summed E-state index contributed by atoms with van der Waals surface area (Å²) in [6, 6.07) is 0. The zero-order valence-electron chi connectivity index (χ0n) is 10.5. The molecule has 0 saturated carbocycles. The van der Waals surface area contributed by atoms with Crippen LogP contribution < -0.4 is 11.1 Å². The Hall–Kier alpha value is -0.610. The first-order valence-corrected chi connectivity index (χ1v) is 5.33. The molecule has 0 aromatic heterocycles. The van der Waals surface area contributed by atoms with Gasteiger partial charge >= 0.3 is 0 Å². The lowest BCUT2D eigenvalue weighted by Gasteiger charge is -2.36. The van der Waals surface area contributed by atoms with Gasteiger partial charge in [0, 0.05) is 19.1 Å². The summed E-state index contributed by atoms with van der Waals surface area (Å²) in [6.07, 6.45) is 1.07. The average Bonchev–Trinajstić information content (AvgIpc) is 2.01. The first-order chi connectivity index (χ1) is 6.74. The van der Waals surface area contributed by atoms with Gasteiger partial charge < -0.3 is 15.8 Å². The Bertz CT molecular complexity index is 217. The molecule has 0 rings (SSSR count). The molecule has 1 atom stereocenters. The van der Waals surface area contributed by atoms with Crippen LogP contribution in [0.5, 0.6) is 0 Å². The smallest absolute Gasteiger partial charge is 0.219 e. The quantitative estimate of drug-likeness (QED) is 0.668. The molecule has 4 nitrogen and oxygen atoms in total. The zero-order valence-corrected chi connectivity index (χ0v) is 10.5. The first kappa shape index (κ1) is 14.4. The second kappa shape index (κ2) is 5.47. The van der Waals surface area contributed by atoms with Gasteiger partial charge in [0.05, 0.1) is 5.60 Å². The molecule has 3 N–H and O–H groups in total. The first-order valence-electron chi connectivity index (χ1n) is 5.33. The van der Waals surface area contributed by atoms with Crippen molar-refractivity contribution in [3.05, 3.63) is 0 Å². The lowest BCUT2D eigenvalue weighted by atomic mass is 9.84. The number of carbonyl (C=O) groups excluding carboxylic acids is 1. The molecule has 15 heavy (non-hydrogen) atoms. The predicted molar refractivity (Wildman–Crippen MR) is 61.6 cm³/mol. The van der Waals surface area contributed by atoms with Crippen LogP contribution in [0.15, 0.2) is 0 Å². The standard InChI is InChI=1S/C11H24N2O2/c1-6-13-11(4,7-9(12)14)8-10(2,3)15-5/h13H,6-8H2,1-5H3,(H2,12,14). The molecule has 0 fully saturated rings. The van der Waals surface area contributed by atoms with Gasteiger partial charge in [-0.25, -0.2) is 0 Å². The van der Waals surface area contributed by atoms with Crippen molar-refractivity contribution in [3.8, 4) is 0 Å². The minimum atomic E-state index is -0.292. The fourth-order valence-electron chi connectivity index (χ4n) is 2.01. The van der Waals surface area contributed by atoms with E-state index in [0.29, 0.717) is 6.42 Å². The maximum absolute atomic E-state index is 11.0. The van der Waals surface area contributed by atoms with Crippen LogP contribution in [-0.2, 0) is 9.53 Å². The number of nitrogens with two attached hydrogens (primary N) is 1. The molecule has 0 aliphatic heterocycles. The van der Waals surface area contributed by atoms with Crippen LogP contribution in [0.1, 0.15) is 40.5 Å². The van der Waals surface area contributed by atoms with Crippen molar-refractivity contribution in [2.24, 2.45) is 5.73 Å². The normalized spacial score (nSPS) is 16.1. The zero-order chi connectivity index (χ0) is 12.1. The number of amides is 1. The highest BCUT2D eigenvalue weighted by molar-refractivity contribution is 5.75. The molecule has 4 heteroatoms. The fourth-order valence-corrected chi connectivity index (χ4v) is 2.01. The SMILES string of the molecule is CCNC(C)(CC(N)=O)CC(C)(C)OC. The summed E-state index contributed by atoms with van der Waals surface area (Å²) in [5.74, 6) is -0.287. The van der Waals surface area contributed by atoms with E-state index in [2.05, 4.69) is 5.32 Å². The van der Waals surface area contributed by atoms with Crippen molar-refractivity contribution >= 4 is 5.91 Å². The van der Waals surface area contributed by atoms with E-state index < -0.39 is 0 Å². The van der Waals surface area contributed by atoms with Crippen molar-refractivity contribution in [2.75, 3.05) is 13.7 Å². The Morgan fingerprint density at radius 2 is 1.93 bits per heavy atom. The summed E-state index contributed by atoms with van der Waals surface area (Å²) in [7, 11) is 1.68. The number of hydrogen-bond acceptors (Lipinski definition) is 3. The summed E-state index contributed by atoms with van der Waals surface area (Å²) < 4.78 is 5.37. The van der Waals surface area contributed by atoms with Crippen LogP contribution in [0.3, 0.4) is 0 Å². The molecule has 0 saturated heterocycles. The molecular formula is C11H24N2O2. The summed E-state index contributed by atoms with van der Waals surface area (Å²) >= 11 is 0. The van der Waals surface area contributed by atoms with Crippen molar-refractivity contribution < 1.29 is 9.53 Å². The summed E-state index contributed by atoms with van der Waals surface area (Å²) in [5.41, 5.74) is 4.70. The molecule has 0 spiro atoms. The minimum absolute atomic E-state index is 0.258. The van der Waals surface area contributed by atoms with E-state index in [1.165, 1.54) is 0 Å². The van der Waals surface area contributed by atoms with E-state index in [1.54, 1.807) is 7.11 Å². The Morgan fingerprint density at radius 1 is 1.40 bits per heavy atom. The second-order valence-corrected chi connectivity index (χ2v) is 4.87. The Labute approximate surface area is 92.6 Å². The van der Waals surface area contributed by atoms with Crippen molar-refractivity contribution in [1.29, 1.82) is 0 Å². The van der Waals surface area contributed by atoms with Crippen molar-refractivity contribution in [3.63, 3.8) is 0 Å². The third-order valence-corrected chi connectivity index (χ3v) is 2.54. The van der Waals surface area contributed by atoms with E-state index in [9.17, 15) is 4.79 Å². The number of ether oxygens (including phenoxy) is 1. The van der Waals surface area contributed by atoms with Crippen molar-refractivity contribution in [1.82, 2.24) is 5.32 Å². The molecule has 0 aromatic rings. The largest absolute Gasteiger partial charge is 0.379 e. The third kappa shape index (κ3) is 5.74. The molecule has 0 radical (unpaired) electrons. The van der Waals surface area contributed by atoms with E-state index in [1.807, 2.05) is 27.7 Å². The van der Waals surface area contributed by atoms with Gasteiger partial charge in [0.1, 0.15) is 0 Å². The highest BCUT2D eigenvalue weighted by atomic mass is 16.5. The third-order valence-electron chi connectivity index (χ3n) is 2.54. The van der Waals surface area contributed by atoms with Crippen LogP contribution in [-0.4, -0.2) is 30.7 Å². The van der Waals surface area contributed by atoms with E-state index >= 15 is 0 Å². The second-order valence-electron chi connectivity index (χ2n) is 4.87. The molecule has 0 aliphatic rings. The number of rotatable bonds is 7. The number of nitrogens with one attached hydrogen (secondary N) is 1. The summed E-state index contributed by atoms with van der Waals surface area (Å²) in [6.45, 7) is 8.83. The maximum Gasteiger partial charge on any atom is 0.219 e. The Kier molecular flexibility index (Phi) is 5.24. The van der Waals surface area contributed by atoms with Gasteiger partial charge in [-0.3, -0.25) is 4.79 Å². The monoisotopic (exact) mass is 216 g/mol. The number of hydrogen-bond donors (Lipinski definition) is 2. The van der Waals surface area contributed by atoms with Crippen LogP contribution >= 0.6 is 0 Å². The Balaban J connectivity index is 4.56. The van der Waals surface area contributed by atoms with Gasteiger partial charge in [-0.2, -0.15) is 0 Å². The lowest BCUT2D eigenvalue weighted by molar-refractivity contribution is -0.120. The maximum atomic E-state index is 11.0. The molecule has 0 heterocycles. The molecule has 1 unspecified atom stereocenters. The molecule has 0 aliphatic carbocycles. The average molecular weight is 216 g/mol. The topological polar surface area (TPSA) is 64.3 Å². The van der Waals surface area contributed by atoms with Gasteiger partial charge in [-0.1, -0.05) is 6.92 Å². The predicted octanol–water partition coefficient (Wildman–Crippen LogP) is 1.05. The van der Waals surface area contributed by atoms with Gasteiger partial charge in [-0.05, 0) is 33.7 Å². The molecule has 0 aromatic carbocycles. The van der Waals surface area contributed by atoms with Gasteiger partial charge in [0.2, 0.25) is 5.91 Å². The highest BCUT2D eigenvalue weighted by Gasteiger charge is 2.33. The minimum Gasteiger partial charge on any atom is -0.379 e. The Morgan fingerprint density at radius 3 is 2.27 bits per heavy atom. The van der Waals surface area contributed by atoms with Crippen LogP contribution in [0.4, 0.5) is 0 Å². The summed E-state index contributed by atoms with van der Waals surface area (Å²) in [4.78, 5) is 11.0.